The third-order valence-electron chi connectivity index (χ3n) is 2.96. The second kappa shape index (κ2) is 4.74. The van der Waals surface area contributed by atoms with E-state index in [4.69, 9.17) is 4.74 Å². The van der Waals surface area contributed by atoms with Gasteiger partial charge in [-0.3, -0.25) is 4.79 Å². The van der Waals surface area contributed by atoms with Gasteiger partial charge in [0.15, 0.2) is 6.61 Å². The maximum Gasteiger partial charge on any atom is 0.262 e. The van der Waals surface area contributed by atoms with Crippen molar-refractivity contribution in [3.8, 4) is 17.0 Å². The maximum absolute atomic E-state index is 11.3. The van der Waals surface area contributed by atoms with Crippen LogP contribution in [0.1, 0.15) is 5.69 Å². The van der Waals surface area contributed by atoms with Crippen LogP contribution in [0.4, 0.5) is 5.69 Å². The summed E-state index contributed by atoms with van der Waals surface area (Å²) in [4.78, 5) is 18.8. The third-order valence-corrected chi connectivity index (χ3v) is 2.96. The number of hydrogen-bond acceptors (Lipinski definition) is 4. The number of hydrogen-bond donors (Lipinski definition) is 3. The molecule has 0 saturated heterocycles. The Morgan fingerprint density at radius 2 is 2.37 bits per heavy atom. The van der Waals surface area contributed by atoms with Gasteiger partial charge in [-0.25, -0.2) is 4.98 Å². The number of rotatable bonds is 3. The minimum absolute atomic E-state index is 0.0692. The number of aromatic nitrogens is 2. The van der Waals surface area contributed by atoms with Gasteiger partial charge in [0.2, 0.25) is 0 Å². The topological polar surface area (TPSA) is 79.0 Å². The lowest BCUT2D eigenvalue weighted by Crippen LogP contribution is -2.25. The summed E-state index contributed by atoms with van der Waals surface area (Å²) in [5, 5.41) is 5.88. The van der Waals surface area contributed by atoms with Crippen LogP contribution in [0, 0.1) is 0 Å². The zero-order chi connectivity index (χ0) is 13.2. The summed E-state index contributed by atoms with van der Waals surface area (Å²) in [6.07, 6.45) is 1.66. The van der Waals surface area contributed by atoms with Crippen LogP contribution in [-0.4, -0.2) is 29.5 Å². The highest BCUT2D eigenvalue weighted by molar-refractivity contribution is 5.96. The largest absolute Gasteiger partial charge is 0.482 e. The van der Waals surface area contributed by atoms with E-state index in [1.54, 1.807) is 6.33 Å². The predicted molar refractivity (Wildman–Crippen MR) is 70.9 cm³/mol. The molecule has 0 radical (unpaired) electrons. The van der Waals surface area contributed by atoms with E-state index in [1.807, 2.05) is 25.2 Å². The molecular weight excluding hydrogens is 244 g/mol. The highest BCUT2D eigenvalue weighted by Crippen LogP contribution is 2.32. The van der Waals surface area contributed by atoms with Crippen LogP contribution < -0.4 is 15.4 Å². The summed E-state index contributed by atoms with van der Waals surface area (Å²) in [6.45, 7) is 0.773. The first kappa shape index (κ1) is 11.7. The third kappa shape index (κ3) is 2.17. The van der Waals surface area contributed by atoms with Gasteiger partial charge in [-0.15, -0.1) is 0 Å². The molecule has 0 aliphatic carbocycles. The van der Waals surface area contributed by atoms with Gasteiger partial charge in [0.05, 0.1) is 23.4 Å². The van der Waals surface area contributed by atoms with Crippen LogP contribution in [0.3, 0.4) is 0 Å². The predicted octanol–water partition coefficient (Wildman–Crippen LogP) is 1.13. The minimum atomic E-state index is -0.137. The van der Waals surface area contributed by atoms with Gasteiger partial charge in [0.1, 0.15) is 5.75 Å². The standard InChI is InChI=1S/C13H14N4O2/c1-14-5-10-13(16-7-15-10)8-2-3-11-9(4-8)17-12(18)6-19-11/h2-4,7,14H,5-6H2,1H3,(H,15,16)(H,17,18). The molecule has 0 atom stereocenters. The fourth-order valence-electron chi connectivity index (χ4n) is 2.11. The summed E-state index contributed by atoms with van der Waals surface area (Å²) in [5.41, 5.74) is 3.51. The van der Waals surface area contributed by atoms with Gasteiger partial charge in [0.25, 0.3) is 5.91 Å². The van der Waals surface area contributed by atoms with Crippen LogP contribution in [0.25, 0.3) is 11.3 Å². The van der Waals surface area contributed by atoms with E-state index in [1.165, 1.54) is 0 Å². The molecule has 0 bridgehead atoms. The van der Waals surface area contributed by atoms with E-state index in [9.17, 15) is 4.79 Å². The zero-order valence-electron chi connectivity index (χ0n) is 10.5. The van der Waals surface area contributed by atoms with Gasteiger partial charge >= 0.3 is 0 Å². The van der Waals surface area contributed by atoms with E-state index < -0.39 is 0 Å². The molecule has 1 aromatic heterocycles. The van der Waals surface area contributed by atoms with Gasteiger partial charge in [0, 0.05) is 12.1 Å². The van der Waals surface area contributed by atoms with Crippen molar-refractivity contribution in [3.63, 3.8) is 0 Å². The van der Waals surface area contributed by atoms with E-state index in [0.717, 1.165) is 17.0 Å². The Morgan fingerprint density at radius 3 is 3.21 bits per heavy atom. The number of aromatic amines is 1. The molecule has 1 amide bonds. The quantitative estimate of drug-likeness (QED) is 0.771. The minimum Gasteiger partial charge on any atom is -0.482 e. The van der Waals surface area contributed by atoms with Crippen LogP contribution in [0.2, 0.25) is 0 Å². The SMILES string of the molecule is CNCc1[nH]cnc1-c1ccc2c(c1)NC(=O)CO2. The first-order valence-corrected chi connectivity index (χ1v) is 6.02. The Bertz CT molecular complexity index is 621. The number of imidazole rings is 1. The number of carbonyl (C=O) groups is 1. The van der Waals surface area contributed by atoms with Gasteiger partial charge in [-0.2, -0.15) is 0 Å². The lowest BCUT2D eigenvalue weighted by molar-refractivity contribution is -0.118. The Kier molecular flexibility index (Phi) is 2.92. The molecule has 1 aromatic carbocycles. The molecule has 6 nitrogen and oxygen atoms in total. The van der Waals surface area contributed by atoms with Crippen LogP contribution >= 0.6 is 0 Å². The highest BCUT2D eigenvalue weighted by atomic mass is 16.5. The molecule has 19 heavy (non-hydrogen) atoms. The molecule has 0 fully saturated rings. The van der Waals surface area contributed by atoms with E-state index in [-0.39, 0.29) is 12.5 Å². The Hall–Kier alpha value is -2.34. The van der Waals surface area contributed by atoms with Crippen molar-refractivity contribution >= 4 is 11.6 Å². The number of amides is 1. The second-order valence-electron chi connectivity index (χ2n) is 4.31. The van der Waals surface area contributed by atoms with Crippen LogP contribution in [-0.2, 0) is 11.3 Å². The molecular formula is C13H14N4O2. The summed E-state index contributed by atoms with van der Waals surface area (Å²) in [7, 11) is 1.88. The van der Waals surface area contributed by atoms with Crippen molar-refractivity contribution in [2.24, 2.45) is 0 Å². The summed E-state index contributed by atoms with van der Waals surface area (Å²) in [6, 6.07) is 5.66. The number of fused-ring (bicyclic) bond motifs is 1. The number of H-pyrrole nitrogens is 1. The van der Waals surface area contributed by atoms with Gasteiger partial charge in [-0.1, -0.05) is 0 Å². The number of nitrogens with one attached hydrogen (secondary N) is 3. The summed E-state index contributed by atoms with van der Waals surface area (Å²) >= 11 is 0. The lowest BCUT2D eigenvalue weighted by atomic mass is 10.1. The number of ether oxygens (including phenoxy) is 1. The van der Waals surface area contributed by atoms with E-state index in [0.29, 0.717) is 18.0 Å². The molecule has 1 aliphatic heterocycles. The number of carbonyl (C=O) groups excluding carboxylic acids is 1. The fraction of sp³-hybridized carbons (Fsp3) is 0.231. The molecule has 0 saturated carbocycles. The Morgan fingerprint density at radius 1 is 1.47 bits per heavy atom. The molecule has 6 heteroatoms. The van der Waals surface area contributed by atoms with Gasteiger partial charge in [-0.05, 0) is 25.2 Å². The van der Waals surface area contributed by atoms with Crippen molar-refractivity contribution in [2.75, 3.05) is 19.0 Å². The average molecular weight is 258 g/mol. The molecule has 2 heterocycles. The van der Waals surface area contributed by atoms with Crippen LogP contribution in [0.15, 0.2) is 24.5 Å². The van der Waals surface area contributed by atoms with Gasteiger partial charge < -0.3 is 20.4 Å². The Balaban J connectivity index is 1.99. The maximum atomic E-state index is 11.3. The molecule has 3 N–H and O–H groups in total. The van der Waals surface area contributed by atoms with Crippen LogP contribution in [0.5, 0.6) is 5.75 Å². The molecule has 2 aromatic rings. The molecule has 0 spiro atoms. The first-order valence-electron chi connectivity index (χ1n) is 6.02. The lowest BCUT2D eigenvalue weighted by Gasteiger charge is -2.18. The zero-order valence-corrected chi connectivity index (χ0v) is 10.5. The molecule has 98 valence electrons. The van der Waals surface area contributed by atoms with Crippen molar-refractivity contribution in [1.29, 1.82) is 0 Å². The number of benzene rings is 1. The summed E-state index contributed by atoms with van der Waals surface area (Å²) in [5.74, 6) is 0.552. The van der Waals surface area contributed by atoms with E-state index in [2.05, 4.69) is 20.6 Å². The highest BCUT2D eigenvalue weighted by Gasteiger charge is 2.17. The van der Waals surface area contributed by atoms with Crippen molar-refractivity contribution < 1.29 is 9.53 Å². The normalized spacial score (nSPS) is 13.6. The molecule has 0 unspecified atom stereocenters. The monoisotopic (exact) mass is 258 g/mol. The second-order valence-corrected chi connectivity index (χ2v) is 4.31. The van der Waals surface area contributed by atoms with Crippen molar-refractivity contribution in [1.82, 2.24) is 15.3 Å². The molecule has 1 aliphatic rings. The first-order chi connectivity index (χ1) is 9.28. The fourth-order valence-corrected chi connectivity index (χ4v) is 2.11. The Labute approximate surface area is 110 Å². The smallest absolute Gasteiger partial charge is 0.262 e. The number of nitrogens with zero attached hydrogens (tertiary/aromatic N) is 1. The van der Waals surface area contributed by atoms with E-state index >= 15 is 0 Å². The number of anilines is 1. The van der Waals surface area contributed by atoms with Crippen molar-refractivity contribution in [2.45, 2.75) is 6.54 Å². The summed E-state index contributed by atoms with van der Waals surface area (Å²) < 4.78 is 5.33. The average Bonchev–Trinajstić information content (AvgIpc) is 2.86. The molecule has 3 rings (SSSR count). The van der Waals surface area contributed by atoms with Crippen molar-refractivity contribution in [3.05, 3.63) is 30.2 Å².